The van der Waals surface area contributed by atoms with Gasteiger partial charge in [-0.1, -0.05) is 17.4 Å². The maximum absolute atomic E-state index is 12.4. The lowest BCUT2D eigenvalue weighted by molar-refractivity contribution is -0.384. The summed E-state index contributed by atoms with van der Waals surface area (Å²) in [7, 11) is -1.78. The number of nitro groups is 1. The Hall–Kier alpha value is -2.85. The number of nitro benzene ring substituents is 1. The smallest absolute Gasteiger partial charge is 0.279 e. The number of carbonyl (C=O) groups excluding carboxylic acids is 1. The quantitative estimate of drug-likeness (QED) is 0.502. The first-order valence-electron chi connectivity index (χ1n) is 7.30. The van der Waals surface area contributed by atoms with Gasteiger partial charge >= 0.3 is 0 Å². The van der Waals surface area contributed by atoms with Crippen LogP contribution in [0.15, 0.2) is 52.4 Å². The number of rotatable bonds is 3. The predicted octanol–water partition coefficient (Wildman–Crippen LogP) is 2.29. The average Bonchev–Trinajstić information content (AvgIpc) is 2.89. The summed E-state index contributed by atoms with van der Waals surface area (Å²) in [6.07, 6.45) is 1.06. The molecule has 0 atom stereocenters. The molecule has 134 valence electrons. The molecule has 1 amide bonds. The lowest BCUT2D eigenvalue weighted by atomic mass is 10.2. The molecule has 1 heterocycles. The summed E-state index contributed by atoms with van der Waals surface area (Å²) in [5.41, 5.74) is 0.682. The molecule has 26 heavy (non-hydrogen) atoms. The Labute approximate surface area is 152 Å². The third kappa shape index (κ3) is 3.41. The van der Waals surface area contributed by atoms with Crippen molar-refractivity contribution in [3.63, 3.8) is 0 Å². The minimum atomic E-state index is -3.43. The zero-order chi connectivity index (χ0) is 19.1. The fourth-order valence-electron chi connectivity index (χ4n) is 2.35. The Morgan fingerprint density at radius 3 is 2.62 bits per heavy atom. The molecule has 2 aromatic carbocycles. The standard InChI is InChI=1S/C16H13N3O5S2/c1-18-13-9-11(19(21)22)6-7-14(13)25-16(18)17-15(20)10-4-3-5-12(8-10)26(2,23)24/h3-9H,1-2H3. The summed E-state index contributed by atoms with van der Waals surface area (Å²) in [4.78, 5) is 27.3. The van der Waals surface area contributed by atoms with Crippen molar-refractivity contribution in [1.29, 1.82) is 0 Å². The van der Waals surface area contributed by atoms with E-state index in [9.17, 15) is 23.3 Å². The Morgan fingerprint density at radius 1 is 1.23 bits per heavy atom. The van der Waals surface area contributed by atoms with E-state index in [1.54, 1.807) is 17.7 Å². The first-order valence-corrected chi connectivity index (χ1v) is 10.0. The number of carbonyl (C=O) groups is 1. The molecule has 0 aliphatic rings. The number of hydrogen-bond donors (Lipinski definition) is 0. The van der Waals surface area contributed by atoms with Crippen molar-refractivity contribution in [3.05, 3.63) is 62.9 Å². The van der Waals surface area contributed by atoms with Crippen LogP contribution in [0.4, 0.5) is 5.69 Å². The van der Waals surface area contributed by atoms with Crippen LogP contribution in [-0.4, -0.2) is 30.1 Å². The number of thiazole rings is 1. The molecular formula is C16H13N3O5S2. The van der Waals surface area contributed by atoms with Gasteiger partial charge in [0.1, 0.15) is 0 Å². The van der Waals surface area contributed by atoms with Crippen LogP contribution >= 0.6 is 11.3 Å². The lowest BCUT2D eigenvalue weighted by Gasteiger charge is -2.00. The second-order valence-electron chi connectivity index (χ2n) is 5.57. The molecule has 1 aromatic heterocycles. The van der Waals surface area contributed by atoms with Gasteiger partial charge in [-0.15, -0.1) is 0 Å². The Morgan fingerprint density at radius 2 is 1.96 bits per heavy atom. The van der Waals surface area contributed by atoms with Crippen molar-refractivity contribution in [2.75, 3.05) is 6.26 Å². The molecule has 10 heteroatoms. The van der Waals surface area contributed by atoms with E-state index >= 15 is 0 Å². The van der Waals surface area contributed by atoms with Gasteiger partial charge in [-0.3, -0.25) is 14.9 Å². The van der Waals surface area contributed by atoms with Crippen LogP contribution in [0.2, 0.25) is 0 Å². The van der Waals surface area contributed by atoms with Gasteiger partial charge in [-0.25, -0.2) is 8.42 Å². The molecule has 0 spiro atoms. The number of non-ortho nitro benzene ring substituents is 1. The average molecular weight is 391 g/mol. The van der Waals surface area contributed by atoms with E-state index in [2.05, 4.69) is 4.99 Å². The van der Waals surface area contributed by atoms with Crippen molar-refractivity contribution in [1.82, 2.24) is 4.57 Å². The van der Waals surface area contributed by atoms with Crippen molar-refractivity contribution >= 4 is 43.0 Å². The molecule has 0 unspecified atom stereocenters. The van der Waals surface area contributed by atoms with E-state index in [1.807, 2.05) is 0 Å². The molecule has 0 aliphatic heterocycles. The molecule has 0 aliphatic carbocycles. The zero-order valence-corrected chi connectivity index (χ0v) is 15.4. The first-order chi connectivity index (χ1) is 12.2. The largest absolute Gasteiger partial charge is 0.319 e. The maximum Gasteiger partial charge on any atom is 0.279 e. The zero-order valence-electron chi connectivity index (χ0n) is 13.7. The topological polar surface area (TPSA) is 112 Å². The maximum atomic E-state index is 12.4. The fourth-order valence-corrected chi connectivity index (χ4v) is 4.01. The number of aryl methyl sites for hydroxylation is 1. The summed E-state index contributed by atoms with van der Waals surface area (Å²) in [5, 5.41) is 10.9. The number of benzene rings is 2. The third-order valence-electron chi connectivity index (χ3n) is 3.71. The van der Waals surface area contributed by atoms with Crippen molar-refractivity contribution in [2.45, 2.75) is 4.90 Å². The van der Waals surface area contributed by atoms with Crippen molar-refractivity contribution in [3.8, 4) is 0 Å². The normalized spacial score (nSPS) is 12.5. The van der Waals surface area contributed by atoms with Crippen LogP contribution in [0.25, 0.3) is 10.2 Å². The molecule has 0 saturated carbocycles. The van der Waals surface area contributed by atoms with Crippen molar-refractivity contribution < 1.29 is 18.1 Å². The SMILES string of the molecule is Cn1c(=NC(=O)c2cccc(S(C)(=O)=O)c2)sc2ccc([N+](=O)[O-])cc21. The van der Waals surface area contributed by atoms with Gasteiger partial charge in [0.05, 0.1) is 20.0 Å². The minimum Gasteiger partial charge on any atom is -0.319 e. The van der Waals surface area contributed by atoms with E-state index < -0.39 is 20.7 Å². The third-order valence-corrected chi connectivity index (χ3v) is 5.93. The van der Waals surface area contributed by atoms with Gasteiger partial charge in [0.15, 0.2) is 14.6 Å². The van der Waals surface area contributed by atoms with Crippen LogP contribution < -0.4 is 4.80 Å². The number of fused-ring (bicyclic) bond motifs is 1. The molecule has 0 fully saturated rings. The van der Waals surface area contributed by atoms with Crippen molar-refractivity contribution in [2.24, 2.45) is 12.0 Å². The van der Waals surface area contributed by atoms with E-state index in [1.165, 1.54) is 47.7 Å². The van der Waals surface area contributed by atoms with Gasteiger partial charge in [-0.2, -0.15) is 4.99 Å². The molecule has 0 bridgehead atoms. The van der Waals surface area contributed by atoms with Gasteiger partial charge in [0.2, 0.25) is 0 Å². The lowest BCUT2D eigenvalue weighted by Crippen LogP contribution is -2.13. The number of aromatic nitrogens is 1. The highest BCUT2D eigenvalue weighted by molar-refractivity contribution is 7.90. The molecule has 3 aromatic rings. The summed E-state index contributed by atoms with van der Waals surface area (Å²) >= 11 is 1.21. The van der Waals surface area contributed by atoms with Gasteiger partial charge in [-0.05, 0) is 24.3 Å². The van der Waals surface area contributed by atoms with Crippen LogP contribution in [0, 0.1) is 10.1 Å². The van der Waals surface area contributed by atoms with Crippen LogP contribution in [-0.2, 0) is 16.9 Å². The summed E-state index contributed by atoms with van der Waals surface area (Å²) in [6.45, 7) is 0. The fraction of sp³-hybridized carbons (Fsp3) is 0.125. The van der Waals surface area contributed by atoms with Crippen LogP contribution in [0.3, 0.4) is 0 Å². The molecule has 0 radical (unpaired) electrons. The number of nitrogens with zero attached hydrogens (tertiary/aromatic N) is 3. The summed E-state index contributed by atoms with van der Waals surface area (Å²) < 4.78 is 25.6. The highest BCUT2D eigenvalue weighted by Crippen LogP contribution is 2.22. The van der Waals surface area contributed by atoms with Crippen LogP contribution in [0.1, 0.15) is 10.4 Å². The molecule has 0 N–H and O–H groups in total. The Bertz CT molecular complexity index is 1220. The summed E-state index contributed by atoms with van der Waals surface area (Å²) in [6, 6.07) is 10.1. The minimum absolute atomic E-state index is 0.0369. The Kier molecular flexibility index (Phi) is 4.46. The van der Waals surface area contributed by atoms with E-state index in [-0.39, 0.29) is 16.1 Å². The van der Waals surface area contributed by atoms with E-state index in [0.717, 1.165) is 11.0 Å². The number of hydrogen-bond acceptors (Lipinski definition) is 6. The second kappa shape index (κ2) is 6.46. The molecule has 8 nitrogen and oxygen atoms in total. The molecular weight excluding hydrogens is 378 g/mol. The number of sulfone groups is 1. The Balaban J connectivity index is 2.09. The van der Waals surface area contributed by atoms with Gasteiger partial charge in [0, 0.05) is 31.0 Å². The monoisotopic (exact) mass is 391 g/mol. The molecule has 0 saturated heterocycles. The first kappa shape index (κ1) is 18.0. The molecule has 3 rings (SSSR count). The van der Waals surface area contributed by atoms with E-state index in [0.29, 0.717) is 10.3 Å². The van der Waals surface area contributed by atoms with E-state index in [4.69, 9.17) is 0 Å². The van der Waals surface area contributed by atoms with Crippen LogP contribution in [0.5, 0.6) is 0 Å². The summed E-state index contributed by atoms with van der Waals surface area (Å²) in [5.74, 6) is -0.591. The number of amides is 1. The predicted molar refractivity (Wildman–Crippen MR) is 96.9 cm³/mol. The second-order valence-corrected chi connectivity index (χ2v) is 8.59. The highest BCUT2D eigenvalue weighted by atomic mass is 32.2. The van der Waals surface area contributed by atoms with Gasteiger partial charge < -0.3 is 4.57 Å². The van der Waals surface area contributed by atoms with Gasteiger partial charge in [0.25, 0.3) is 11.6 Å². The highest BCUT2D eigenvalue weighted by Gasteiger charge is 2.13.